The summed E-state index contributed by atoms with van der Waals surface area (Å²) in [5.74, 6) is -0.0500. The Balaban J connectivity index is 1.85. The fraction of sp³-hybridized carbons (Fsp3) is 0.263. The van der Waals surface area contributed by atoms with E-state index in [0.29, 0.717) is 18.8 Å². The number of nitrogens with zero attached hydrogens (tertiary/aromatic N) is 4. The van der Waals surface area contributed by atoms with Crippen LogP contribution in [0, 0.1) is 0 Å². The van der Waals surface area contributed by atoms with Gasteiger partial charge in [-0.25, -0.2) is 4.98 Å². The molecule has 3 aromatic heterocycles. The Bertz CT molecular complexity index is 820. The second-order valence-corrected chi connectivity index (χ2v) is 5.71. The number of fused-ring (bicyclic) bond motifs is 1. The molecule has 0 bridgehead atoms. The van der Waals surface area contributed by atoms with Gasteiger partial charge in [-0.05, 0) is 36.2 Å². The molecular weight excluding hydrogens is 300 g/mol. The highest BCUT2D eigenvalue weighted by Crippen LogP contribution is 2.14. The monoisotopic (exact) mass is 320 g/mol. The number of amides is 1. The highest BCUT2D eigenvalue weighted by molar-refractivity contribution is 5.94. The smallest absolute Gasteiger partial charge is 0.272 e. The van der Waals surface area contributed by atoms with Gasteiger partial charge in [0.25, 0.3) is 5.91 Å². The van der Waals surface area contributed by atoms with Crippen molar-refractivity contribution in [3.05, 3.63) is 66.4 Å². The molecule has 0 fully saturated rings. The summed E-state index contributed by atoms with van der Waals surface area (Å²) in [4.78, 5) is 27.5. The molecule has 122 valence electrons. The molecule has 0 aliphatic rings. The quantitative estimate of drug-likeness (QED) is 0.698. The summed E-state index contributed by atoms with van der Waals surface area (Å²) in [7, 11) is 0. The number of pyridine rings is 3. The van der Waals surface area contributed by atoms with Gasteiger partial charge >= 0.3 is 0 Å². The van der Waals surface area contributed by atoms with Gasteiger partial charge in [0.1, 0.15) is 5.69 Å². The van der Waals surface area contributed by atoms with Crippen molar-refractivity contribution in [1.82, 2.24) is 19.9 Å². The molecule has 0 saturated carbocycles. The highest BCUT2D eigenvalue weighted by Gasteiger charge is 2.17. The largest absolute Gasteiger partial charge is 0.333 e. The Morgan fingerprint density at radius 1 is 1.08 bits per heavy atom. The lowest BCUT2D eigenvalue weighted by Crippen LogP contribution is -2.32. The summed E-state index contributed by atoms with van der Waals surface area (Å²) in [6, 6.07) is 9.36. The molecule has 3 rings (SSSR count). The van der Waals surface area contributed by atoms with Crippen molar-refractivity contribution in [1.29, 1.82) is 0 Å². The van der Waals surface area contributed by atoms with Crippen LogP contribution in [0.3, 0.4) is 0 Å². The van der Waals surface area contributed by atoms with Gasteiger partial charge < -0.3 is 4.90 Å². The Hall–Kier alpha value is -2.82. The van der Waals surface area contributed by atoms with Crippen LogP contribution in [-0.4, -0.2) is 32.3 Å². The predicted octanol–water partition coefficient (Wildman–Crippen LogP) is 3.47. The van der Waals surface area contributed by atoms with E-state index in [9.17, 15) is 4.79 Å². The van der Waals surface area contributed by atoms with Crippen molar-refractivity contribution < 1.29 is 4.79 Å². The molecule has 0 aliphatic carbocycles. The minimum atomic E-state index is -0.0500. The zero-order valence-corrected chi connectivity index (χ0v) is 13.7. The molecule has 0 saturated heterocycles. The van der Waals surface area contributed by atoms with Gasteiger partial charge in [0, 0.05) is 43.3 Å². The Labute approximate surface area is 141 Å². The molecule has 3 heterocycles. The van der Waals surface area contributed by atoms with Crippen LogP contribution in [0.1, 0.15) is 35.8 Å². The standard InChI is InChI=1S/C19H20N4O/c1-2-3-11-23(14-15-5-4-9-20-12-15)19(24)18-7-6-16-13-21-10-8-17(16)22-18/h4-10,12-13H,2-3,11,14H2,1H3. The summed E-state index contributed by atoms with van der Waals surface area (Å²) in [6.45, 7) is 3.37. The van der Waals surface area contributed by atoms with E-state index in [2.05, 4.69) is 21.9 Å². The maximum atomic E-state index is 12.9. The Morgan fingerprint density at radius 2 is 1.96 bits per heavy atom. The summed E-state index contributed by atoms with van der Waals surface area (Å²) in [6.07, 6.45) is 8.97. The zero-order chi connectivity index (χ0) is 16.8. The van der Waals surface area contributed by atoms with Crippen LogP contribution in [0.4, 0.5) is 0 Å². The van der Waals surface area contributed by atoms with Crippen LogP contribution in [0.5, 0.6) is 0 Å². The van der Waals surface area contributed by atoms with Crippen molar-refractivity contribution in [2.75, 3.05) is 6.54 Å². The average Bonchev–Trinajstić information content (AvgIpc) is 2.65. The van der Waals surface area contributed by atoms with E-state index < -0.39 is 0 Å². The Morgan fingerprint density at radius 3 is 2.75 bits per heavy atom. The summed E-state index contributed by atoms with van der Waals surface area (Å²) < 4.78 is 0. The molecule has 0 unspecified atom stereocenters. The van der Waals surface area contributed by atoms with Crippen LogP contribution in [0.25, 0.3) is 10.9 Å². The third-order valence-electron chi connectivity index (χ3n) is 3.87. The van der Waals surface area contributed by atoms with Crippen LogP contribution in [0.2, 0.25) is 0 Å². The Kier molecular flexibility index (Phi) is 5.11. The number of hydrogen-bond acceptors (Lipinski definition) is 4. The maximum absolute atomic E-state index is 12.9. The first-order chi connectivity index (χ1) is 11.8. The van der Waals surface area contributed by atoms with Gasteiger partial charge in [-0.3, -0.25) is 14.8 Å². The number of carbonyl (C=O) groups is 1. The first kappa shape index (κ1) is 16.1. The van der Waals surface area contributed by atoms with Crippen LogP contribution >= 0.6 is 0 Å². The molecule has 0 radical (unpaired) electrons. The molecule has 0 aromatic carbocycles. The predicted molar refractivity (Wildman–Crippen MR) is 93.4 cm³/mol. The first-order valence-electron chi connectivity index (χ1n) is 8.17. The minimum Gasteiger partial charge on any atom is -0.333 e. The fourth-order valence-corrected chi connectivity index (χ4v) is 2.56. The molecule has 0 aliphatic heterocycles. The van der Waals surface area contributed by atoms with Crippen molar-refractivity contribution in [2.24, 2.45) is 0 Å². The second-order valence-electron chi connectivity index (χ2n) is 5.71. The van der Waals surface area contributed by atoms with E-state index in [1.807, 2.05) is 29.2 Å². The summed E-state index contributed by atoms with van der Waals surface area (Å²) in [5.41, 5.74) is 2.27. The molecule has 0 atom stereocenters. The molecule has 0 N–H and O–H groups in total. The molecular formula is C19H20N4O. The lowest BCUT2D eigenvalue weighted by molar-refractivity contribution is 0.0735. The van der Waals surface area contributed by atoms with Gasteiger partial charge in [0.05, 0.1) is 5.52 Å². The van der Waals surface area contributed by atoms with E-state index in [-0.39, 0.29) is 5.91 Å². The number of rotatable bonds is 6. The van der Waals surface area contributed by atoms with Gasteiger partial charge in [0.2, 0.25) is 0 Å². The summed E-state index contributed by atoms with van der Waals surface area (Å²) >= 11 is 0. The van der Waals surface area contributed by atoms with Crippen molar-refractivity contribution in [3.63, 3.8) is 0 Å². The van der Waals surface area contributed by atoms with E-state index in [4.69, 9.17) is 0 Å². The molecule has 24 heavy (non-hydrogen) atoms. The van der Waals surface area contributed by atoms with E-state index in [0.717, 1.165) is 29.3 Å². The second kappa shape index (κ2) is 7.64. The van der Waals surface area contributed by atoms with Crippen molar-refractivity contribution in [3.8, 4) is 0 Å². The van der Waals surface area contributed by atoms with Crippen molar-refractivity contribution >= 4 is 16.8 Å². The van der Waals surface area contributed by atoms with Gasteiger partial charge in [0.15, 0.2) is 0 Å². The molecule has 0 spiro atoms. The molecule has 5 nitrogen and oxygen atoms in total. The molecule has 3 aromatic rings. The normalized spacial score (nSPS) is 10.7. The number of aromatic nitrogens is 3. The number of unbranched alkanes of at least 4 members (excludes halogenated alkanes) is 1. The zero-order valence-electron chi connectivity index (χ0n) is 13.7. The fourth-order valence-electron chi connectivity index (χ4n) is 2.56. The van der Waals surface area contributed by atoms with Crippen LogP contribution in [-0.2, 0) is 6.54 Å². The number of carbonyl (C=O) groups excluding carboxylic acids is 1. The highest BCUT2D eigenvalue weighted by atomic mass is 16.2. The lowest BCUT2D eigenvalue weighted by Gasteiger charge is -2.22. The maximum Gasteiger partial charge on any atom is 0.272 e. The molecule has 1 amide bonds. The van der Waals surface area contributed by atoms with Gasteiger partial charge in [-0.15, -0.1) is 0 Å². The van der Waals surface area contributed by atoms with E-state index in [1.165, 1.54) is 0 Å². The SMILES string of the molecule is CCCCN(Cc1cccnc1)C(=O)c1ccc2cnccc2n1. The lowest BCUT2D eigenvalue weighted by atomic mass is 10.2. The van der Waals surface area contributed by atoms with Gasteiger partial charge in [-0.2, -0.15) is 0 Å². The van der Waals surface area contributed by atoms with Gasteiger partial charge in [-0.1, -0.05) is 19.4 Å². The molecule has 5 heteroatoms. The number of hydrogen-bond donors (Lipinski definition) is 0. The third-order valence-corrected chi connectivity index (χ3v) is 3.87. The third kappa shape index (κ3) is 3.74. The van der Waals surface area contributed by atoms with Crippen LogP contribution < -0.4 is 0 Å². The summed E-state index contributed by atoms with van der Waals surface area (Å²) in [5, 5.41) is 0.932. The van der Waals surface area contributed by atoms with E-state index in [1.54, 1.807) is 30.9 Å². The minimum absolute atomic E-state index is 0.0500. The topological polar surface area (TPSA) is 59.0 Å². The van der Waals surface area contributed by atoms with Crippen LogP contribution in [0.15, 0.2) is 55.1 Å². The van der Waals surface area contributed by atoms with E-state index >= 15 is 0 Å². The first-order valence-corrected chi connectivity index (χ1v) is 8.17. The average molecular weight is 320 g/mol. The van der Waals surface area contributed by atoms with Crippen molar-refractivity contribution in [2.45, 2.75) is 26.3 Å².